The molecule has 0 radical (unpaired) electrons. The number of ether oxygens (including phenoxy) is 3. The predicted octanol–water partition coefficient (Wildman–Crippen LogP) is 17.2. The van der Waals surface area contributed by atoms with Crippen LogP contribution < -0.4 is 0 Å². The molecule has 0 saturated carbocycles. The van der Waals surface area contributed by atoms with E-state index in [4.69, 9.17) is 14.2 Å². The number of unbranched alkanes of at least 4 members (excludes halogenated alkanes) is 16. The fraction of sp³-hybridized carbons (Fsp3) is 0.649. The third-order valence-electron chi connectivity index (χ3n) is 10.3. The Kier molecular flexibility index (Phi) is 49.0. The van der Waals surface area contributed by atoms with Gasteiger partial charge in [0.05, 0.1) is 6.61 Å². The summed E-state index contributed by atoms with van der Waals surface area (Å²) in [6.45, 7) is 7.49. The van der Waals surface area contributed by atoms with Crippen molar-refractivity contribution in [2.45, 2.75) is 219 Å². The maximum Gasteiger partial charge on any atom is 0.306 e. The van der Waals surface area contributed by atoms with Gasteiger partial charge in [0.2, 0.25) is 0 Å². The Labute approximate surface area is 383 Å². The maximum atomic E-state index is 12.8. The largest absolute Gasteiger partial charge is 0.462 e. The number of esters is 2. The molecule has 1 atom stereocenters. The van der Waals surface area contributed by atoms with Crippen LogP contribution in [0.1, 0.15) is 213 Å². The van der Waals surface area contributed by atoms with Gasteiger partial charge in [0.15, 0.2) is 6.10 Å². The highest BCUT2D eigenvalue weighted by atomic mass is 16.6. The second-order valence-corrected chi connectivity index (χ2v) is 16.3. The normalized spacial score (nSPS) is 13.1. The predicted molar refractivity (Wildman–Crippen MR) is 269 cm³/mol. The van der Waals surface area contributed by atoms with E-state index in [1.54, 1.807) is 0 Å². The maximum absolute atomic E-state index is 12.8. The van der Waals surface area contributed by atoms with Gasteiger partial charge in [-0.1, -0.05) is 188 Å². The van der Waals surface area contributed by atoms with Gasteiger partial charge in [-0.25, -0.2) is 0 Å². The summed E-state index contributed by atoms with van der Waals surface area (Å²) in [6.07, 6.45) is 71.0. The van der Waals surface area contributed by atoms with Crippen LogP contribution in [0, 0.1) is 0 Å². The molecule has 0 aliphatic carbocycles. The van der Waals surface area contributed by atoms with Crippen molar-refractivity contribution in [1.29, 1.82) is 0 Å². The first-order chi connectivity index (χ1) is 30.6. The Morgan fingerprint density at radius 1 is 0.371 bits per heavy atom. The molecular weight excluding hydrogens is 765 g/mol. The molecule has 0 aliphatic heterocycles. The van der Waals surface area contributed by atoms with E-state index in [-0.39, 0.29) is 25.2 Å². The van der Waals surface area contributed by atoms with Crippen molar-refractivity contribution < 1.29 is 23.8 Å². The second-order valence-electron chi connectivity index (χ2n) is 16.3. The lowest BCUT2D eigenvalue weighted by Gasteiger charge is -2.18. The molecule has 0 rings (SSSR count). The molecule has 0 spiro atoms. The third-order valence-corrected chi connectivity index (χ3v) is 10.3. The summed E-state index contributed by atoms with van der Waals surface area (Å²) >= 11 is 0. The number of allylic oxidation sites excluding steroid dienone is 18. The number of hydrogen-bond acceptors (Lipinski definition) is 5. The smallest absolute Gasteiger partial charge is 0.306 e. The minimum atomic E-state index is -0.574. The standard InChI is InChI=1S/C57H94O5/c1-4-7-10-13-16-19-22-25-27-28-29-30-31-33-35-38-41-44-47-50-56(58)61-54-55(53-60-52-49-46-43-40-37-34-26-23-20-17-14-11-8-5-2)62-57(59)51-48-45-42-39-36-32-24-21-18-15-12-9-6-3/h7,9-10,12,16,18-21,23,25,27,29-30,32-33,35-36,55H,4-6,8,11,13-15,17,22,24,26,28,31,34,37-54H2,1-3H3/b10-7-,12-9-,19-16-,21-18-,23-20-,27-25-,30-29-,35-33-,36-32-. The zero-order valence-electron chi connectivity index (χ0n) is 40.3. The average molecular weight is 859 g/mol. The van der Waals surface area contributed by atoms with Crippen LogP contribution in [-0.2, 0) is 23.8 Å². The zero-order valence-corrected chi connectivity index (χ0v) is 40.3. The Bertz CT molecular complexity index is 1250. The molecule has 0 N–H and O–H groups in total. The highest BCUT2D eigenvalue weighted by molar-refractivity contribution is 5.70. The molecule has 5 nitrogen and oxygen atoms in total. The molecule has 0 bridgehead atoms. The van der Waals surface area contributed by atoms with Crippen molar-refractivity contribution in [3.63, 3.8) is 0 Å². The number of hydrogen-bond donors (Lipinski definition) is 0. The summed E-state index contributed by atoms with van der Waals surface area (Å²) in [5.41, 5.74) is 0. The quantitative estimate of drug-likeness (QED) is 0.0347. The fourth-order valence-corrected chi connectivity index (χ4v) is 6.54. The van der Waals surface area contributed by atoms with Crippen LogP contribution in [0.5, 0.6) is 0 Å². The van der Waals surface area contributed by atoms with Gasteiger partial charge < -0.3 is 14.2 Å². The zero-order chi connectivity index (χ0) is 44.9. The van der Waals surface area contributed by atoms with Crippen LogP contribution in [0.2, 0.25) is 0 Å². The fourth-order valence-electron chi connectivity index (χ4n) is 6.54. The van der Waals surface area contributed by atoms with Gasteiger partial charge >= 0.3 is 11.9 Å². The highest BCUT2D eigenvalue weighted by Crippen LogP contribution is 2.12. The Hall–Kier alpha value is -3.44. The van der Waals surface area contributed by atoms with E-state index in [0.717, 1.165) is 116 Å². The van der Waals surface area contributed by atoms with Gasteiger partial charge in [-0.2, -0.15) is 0 Å². The lowest BCUT2D eigenvalue weighted by Crippen LogP contribution is -2.30. The van der Waals surface area contributed by atoms with Crippen molar-refractivity contribution >= 4 is 11.9 Å². The Morgan fingerprint density at radius 2 is 0.726 bits per heavy atom. The van der Waals surface area contributed by atoms with Crippen LogP contribution in [-0.4, -0.2) is 37.9 Å². The van der Waals surface area contributed by atoms with E-state index >= 15 is 0 Å². The first-order valence-corrected chi connectivity index (χ1v) is 25.4. The minimum Gasteiger partial charge on any atom is -0.462 e. The van der Waals surface area contributed by atoms with Crippen LogP contribution >= 0.6 is 0 Å². The van der Waals surface area contributed by atoms with E-state index in [1.165, 1.54) is 64.2 Å². The summed E-state index contributed by atoms with van der Waals surface area (Å²) < 4.78 is 17.3. The Morgan fingerprint density at radius 3 is 1.18 bits per heavy atom. The van der Waals surface area contributed by atoms with E-state index in [1.807, 2.05) is 0 Å². The molecule has 0 saturated heterocycles. The molecule has 1 unspecified atom stereocenters. The molecular formula is C57H94O5. The Balaban J connectivity index is 4.39. The summed E-state index contributed by atoms with van der Waals surface area (Å²) in [5, 5.41) is 0. The van der Waals surface area contributed by atoms with Crippen molar-refractivity contribution in [3.05, 3.63) is 109 Å². The first kappa shape index (κ1) is 58.6. The monoisotopic (exact) mass is 859 g/mol. The summed E-state index contributed by atoms with van der Waals surface area (Å²) in [6, 6.07) is 0. The van der Waals surface area contributed by atoms with Crippen LogP contribution in [0.3, 0.4) is 0 Å². The molecule has 0 aromatic carbocycles. The van der Waals surface area contributed by atoms with Gasteiger partial charge in [-0.3, -0.25) is 9.59 Å². The van der Waals surface area contributed by atoms with Crippen molar-refractivity contribution in [2.24, 2.45) is 0 Å². The summed E-state index contributed by atoms with van der Waals surface area (Å²) in [7, 11) is 0. The number of carbonyl (C=O) groups is 2. The van der Waals surface area contributed by atoms with Gasteiger partial charge in [0.1, 0.15) is 6.61 Å². The molecule has 352 valence electrons. The molecule has 0 aromatic heterocycles. The molecule has 62 heavy (non-hydrogen) atoms. The van der Waals surface area contributed by atoms with Crippen molar-refractivity contribution in [1.82, 2.24) is 0 Å². The first-order valence-electron chi connectivity index (χ1n) is 25.4. The van der Waals surface area contributed by atoms with Crippen LogP contribution in [0.4, 0.5) is 0 Å². The SMILES string of the molecule is CC/C=C\C/C=C\C/C=C\C/C=C\C/C=C\CCCCCC(=O)OCC(COCCCCCCCC/C=C\CCCCCC)OC(=O)CCCCC/C=C\C/C=C\C/C=C\CC. The number of rotatable bonds is 45. The van der Waals surface area contributed by atoms with E-state index in [9.17, 15) is 9.59 Å². The molecule has 5 heteroatoms. The van der Waals surface area contributed by atoms with E-state index in [0.29, 0.717) is 19.4 Å². The minimum absolute atomic E-state index is 0.0475. The van der Waals surface area contributed by atoms with Crippen molar-refractivity contribution in [3.8, 4) is 0 Å². The summed E-state index contributed by atoms with van der Waals surface area (Å²) in [5.74, 6) is -0.478. The van der Waals surface area contributed by atoms with Crippen LogP contribution in [0.15, 0.2) is 109 Å². The van der Waals surface area contributed by atoms with Crippen molar-refractivity contribution in [2.75, 3.05) is 19.8 Å². The van der Waals surface area contributed by atoms with Gasteiger partial charge in [-0.15, -0.1) is 0 Å². The highest BCUT2D eigenvalue weighted by Gasteiger charge is 2.17. The molecule has 0 amide bonds. The lowest BCUT2D eigenvalue weighted by atomic mass is 10.1. The lowest BCUT2D eigenvalue weighted by molar-refractivity contribution is -0.163. The second kappa shape index (κ2) is 51.9. The van der Waals surface area contributed by atoms with Gasteiger partial charge in [0.25, 0.3) is 0 Å². The van der Waals surface area contributed by atoms with Gasteiger partial charge in [-0.05, 0) is 122 Å². The number of carbonyl (C=O) groups excluding carboxylic acids is 2. The van der Waals surface area contributed by atoms with E-state index < -0.39 is 6.10 Å². The van der Waals surface area contributed by atoms with Gasteiger partial charge in [0, 0.05) is 19.4 Å². The molecule has 0 fully saturated rings. The molecule has 0 aliphatic rings. The van der Waals surface area contributed by atoms with E-state index in [2.05, 4.69) is 130 Å². The molecule has 0 heterocycles. The summed E-state index contributed by atoms with van der Waals surface area (Å²) in [4.78, 5) is 25.4. The third kappa shape index (κ3) is 49.2. The topological polar surface area (TPSA) is 61.8 Å². The molecule has 0 aromatic rings. The average Bonchev–Trinajstić information content (AvgIpc) is 3.27. The van der Waals surface area contributed by atoms with Crippen LogP contribution in [0.25, 0.3) is 0 Å².